The number of carbonyl (C=O) groups is 1. The second-order valence-corrected chi connectivity index (χ2v) is 2.49. The topological polar surface area (TPSA) is 55.1 Å². The Kier molecular flexibility index (Phi) is 1.92. The third kappa shape index (κ3) is 1.91. The first kappa shape index (κ1) is 6.39. The van der Waals surface area contributed by atoms with Crippen molar-refractivity contribution >= 4 is 6.03 Å². The van der Waals surface area contributed by atoms with E-state index in [1.54, 1.807) is 0 Å². The van der Waals surface area contributed by atoms with Gasteiger partial charge in [0.1, 0.15) is 0 Å². The van der Waals surface area contributed by atoms with Crippen molar-refractivity contribution in [2.45, 2.75) is 31.7 Å². The van der Waals surface area contributed by atoms with E-state index in [0.717, 1.165) is 12.8 Å². The molecule has 0 atom stereocenters. The van der Waals surface area contributed by atoms with Crippen molar-refractivity contribution < 1.29 is 7.65 Å². The third-order valence-corrected chi connectivity index (χ3v) is 1.70. The van der Waals surface area contributed by atoms with Gasteiger partial charge in [-0.15, -0.1) is 0 Å². The zero-order valence-electron chi connectivity index (χ0n) is 5.39. The van der Waals surface area contributed by atoms with Crippen molar-refractivity contribution in [3.8, 4) is 0 Å². The van der Waals surface area contributed by atoms with Crippen LogP contribution in [0.15, 0.2) is 0 Å². The van der Waals surface area contributed by atoms with Crippen LogP contribution in [-0.2, 0) is 0 Å². The molecule has 0 spiro atoms. The second kappa shape index (κ2) is 2.71. The molecule has 0 heterocycles. The number of hydrogen-bond donors (Lipinski definition) is 2. The van der Waals surface area contributed by atoms with E-state index < -0.39 is 0 Å². The van der Waals surface area contributed by atoms with Gasteiger partial charge in [-0.3, -0.25) is 0 Å². The van der Waals surface area contributed by atoms with Gasteiger partial charge in [0.15, 0.2) is 0 Å². The van der Waals surface area contributed by atoms with Crippen LogP contribution in [0.2, 0.25) is 0 Å². The smallest absolute Gasteiger partial charge is 0.312 e. The highest BCUT2D eigenvalue weighted by Crippen LogP contribution is 2.16. The summed E-state index contributed by atoms with van der Waals surface area (Å²) in [5.74, 6) is 0. The highest BCUT2D eigenvalue weighted by Gasteiger charge is 2.14. The van der Waals surface area contributed by atoms with E-state index in [1.807, 2.05) is 0 Å². The number of amides is 2. The predicted molar refractivity (Wildman–Crippen MR) is 39.2 cm³/mol. The van der Waals surface area contributed by atoms with Gasteiger partial charge in [-0.25, -0.2) is 4.79 Å². The molecular weight excluding hydrogens is 116 g/mol. The van der Waals surface area contributed by atoms with Crippen LogP contribution in [0, 0.1) is 0 Å². The fraction of sp³-hybridized carbons (Fsp3) is 0.833. The lowest BCUT2D eigenvalue weighted by atomic mass is 10.3. The fourth-order valence-electron chi connectivity index (χ4n) is 1.27. The van der Waals surface area contributed by atoms with E-state index in [9.17, 15) is 4.79 Å². The molecule has 1 saturated carbocycles. The van der Waals surface area contributed by atoms with E-state index in [2.05, 4.69) is 5.32 Å². The maximum atomic E-state index is 10.3. The molecule has 1 aliphatic carbocycles. The van der Waals surface area contributed by atoms with E-state index >= 15 is 0 Å². The van der Waals surface area contributed by atoms with Gasteiger partial charge in [0.05, 0.1) is 0 Å². The molecule has 0 radical (unpaired) electrons. The Morgan fingerprint density at radius 3 is 2.56 bits per heavy atom. The lowest BCUT2D eigenvalue weighted by molar-refractivity contribution is 0.245. The van der Waals surface area contributed by atoms with Crippen molar-refractivity contribution in [2.24, 2.45) is 5.73 Å². The molecule has 3 heteroatoms. The molecule has 0 aromatic heterocycles. The Balaban J connectivity index is 0. The number of hydrogen-bond acceptors (Lipinski definition) is 1. The molecule has 56 valence electrons. The van der Waals surface area contributed by atoms with Gasteiger partial charge in [0.25, 0.3) is 0 Å². The van der Waals surface area contributed by atoms with Gasteiger partial charge in [-0.05, 0) is 12.8 Å². The summed E-state index contributed by atoms with van der Waals surface area (Å²) in [6, 6.07) is -0.0237. The molecule has 0 bridgehead atoms. The van der Waals surface area contributed by atoms with Crippen LogP contribution in [0.4, 0.5) is 4.79 Å². The van der Waals surface area contributed by atoms with Crippen molar-refractivity contribution in [1.82, 2.24) is 5.32 Å². The monoisotopic (exact) mass is 132 g/mol. The molecule has 0 aromatic rings. The number of primary amides is 1. The van der Waals surface area contributed by atoms with Crippen LogP contribution in [0.25, 0.3) is 0 Å². The van der Waals surface area contributed by atoms with Crippen molar-refractivity contribution in [3.63, 3.8) is 0 Å². The first-order chi connectivity index (χ1) is 4.29. The zero-order chi connectivity index (χ0) is 6.69. The average Bonchev–Trinajstić information content (AvgIpc) is 2.15. The van der Waals surface area contributed by atoms with Crippen LogP contribution < -0.4 is 11.1 Å². The van der Waals surface area contributed by atoms with E-state index in [1.165, 1.54) is 12.8 Å². The summed E-state index contributed by atoms with van der Waals surface area (Å²) in [5, 5.41) is 2.68. The zero-order valence-corrected chi connectivity index (χ0v) is 5.39. The summed E-state index contributed by atoms with van der Waals surface area (Å²) in [7, 11) is 0. The molecule has 0 aliphatic heterocycles. The Labute approximate surface area is 57.6 Å². The minimum atomic E-state index is -0.387. The van der Waals surface area contributed by atoms with Crippen LogP contribution in [-0.4, -0.2) is 12.1 Å². The molecule has 1 rings (SSSR count). The maximum absolute atomic E-state index is 10.3. The minimum absolute atomic E-state index is 0. The normalized spacial score (nSPS) is 20.0. The largest absolute Gasteiger partial charge is 0.352 e. The molecule has 0 aromatic carbocycles. The first-order valence-corrected chi connectivity index (χ1v) is 3.35. The molecule has 1 aliphatic rings. The highest BCUT2D eigenvalue weighted by molar-refractivity contribution is 5.71. The minimum Gasteiger partial charge on any atom is -0.352 e. The lowest BCUT2D eigenvalue weighted by Crippen LogP contribution is -2.36. The summed E-state index contributed by atoms with van der Waals surface area (Å²) >= 11 is 0. The van der Waals surface area contributed by atoms with Crippen molar-refractivity contribution in [1.29, 1.82) is 0 Å². The van der Waals surface area contributed by atoms with E-state index in [-0.39, 0.29) is 8.88 Å². The molecule has 3 nitrogen and oxygen atoms in total. The fourth-order valence-corrected chi connectivity index (χ4v) is 1.27. The van der Waals surface area contributed by atoms with Crippen LogP contribution in [0.1, 0.15) is 28.5 Å². The standard InChI is InChI=1S/C6H12N2O.2H2/c7-6(9)8-5-3-1-2-4-5;;/h5H,1-4H2,(H3,7,8,9);2*1H. The summed E-state index contributed by atoms with van der Waals surface area (Å²) in [4.78, 5) is 10.3. The van der Waals surface area contributed by atoms with Gasteiger partial charge in [-0.1, -0.05) is 12.8 Å². The second-order valence-electron chi connectivity index (χ2n) is 2.49. The third-order valence-electron chi connectivity index (χ3n) is 1.70. The number of nitrogens with two attached hydrogens (primary N) is 1. The van der Waals surface area contributed by atoms with Gasteiger partial charge < -0.3 is 11.1 Å². The predicted octanol–water partition coefficient (Wildman–Crippen LogP) is 1.09. The average molecular weight is 132 g/mol. The summed E-state index contributed by atoms with van der Waals surface area (Å²) in [6.07, 6.45) is 4.65. The number of nitrogens with one attached hydrogen (secondary N) is 1. The summed E-state index contributed by atoms with van der Waals surface area (Å²) in [5.41, 5.74) is 4.92. The maximum Gasteiger partial charge on any atom is 0.312 e. The molecule has 1 fully saturated rings. The van der Waals surface area contributed by atoms with Crippen molar-refractivity contribution in [2.75, 3.05) is 0 Å². The van der Waals surface area contributed by atoms with Gasteiger partial charge in [-0.2, -0.15) is 0 Å². The first-order valence-electron chi connectivity index (χ1n) is 3.35. The SMILES string of the molecule is NC(=O)NC1CCCC1.[HH].[HH]. The molecule has 2 amide bonds. The number of urea groups is 1. The van der Waals surface area contributed by atoms with Crippen LogP contribution >= 0.6 is 0 Å². The van der Waals surface area contributed by atoms with E-state index in [0.29, 0.717) is 6.04 Å². The quantitative estimate of drug-likeness (QED) is 0.551. The number of rotatable bonds is 1. The van der Waals surface area contributed by atoms with Gasteiger partial charge >= 0.3 is 6.03 Å². The molecular formula is C6H16N2O. The van der Waals surface area contributed by atoms with Crippen LogP contribution in [0.5, 0.6) is 0 Å². The number of carbonyl (C=O) groups excluding carboxylic acids is 1. The van der Waals surface area contributed by atoms with Gasteiger partial charge in [0.2, 0.25) is 0 Å². The van der Waals surface area contributed by atoms with Crippen LogP contribution in [0.3, 0.4) is 0 Å². The molecule has 9 heavy (non-hydrogen) atoms. The summed E-state index contributed by atoms with van der Waals surface area (Å²) < 4.78 is 0. The molecule has 0 unspecified atom stereocenters. The molecule has 3 N–H and O–H groups in total. The summed E-state index contributed by atoms with van der Waals surface area (Å²) in [6.45, 7) is 0. The Morgan fingerprint density at radius 1 is 1.56 bits per heavy atom. The Morgan fingerprint density at radius 2 is 2.11 bits per heavy atom. The van der Waals surface area contributed by atoms with E-state index in [4.69, 9.17) is 5.73 Å². The van der Waals surface area contributed by atoms with Crippen molar-refractivity contribution in [3.05, 3.63) is 0 Å². The Hall–Kier alpha value is -0.730. The Bertz CT molecular complexity index is 115. The highest BCUT2D eigenvalue weighted by atomic mass is 16.2. The van der Waals surface area contributed by atoms with Gasteiger partial charge in [0, 0.05) is 8.90 Å². The lowest BCUT2D eigenvalue weighted by Gasteiger charge is -2.07. The molecule has 0 saturated heterocycles.